The van der Waals surface area contributed by atoms with E-state index < -0.39 is 29.0 Å². The summed E-state index contributed by atoms with van der Waals surface area (Å²) in [6.07, 6.45) is 1.08. The Labute approximate surface area is 132 Å². The molecule has 0 aliphatic carbocycles. The molecular weight excluding hydrogens is 310 g/mol. The third kappa shape index (κ3) is 5.21. The minimum atomic E-state index is -1.45. The maximum atomic E-state index is 11.8. The van der Waals surface area contributed by atoms with E-state index in [2.05, 4.69) is 5.32 Å². The van der Waals surface area contributed by atoms with Gasteiger partial charge >= 0.3 is 11.9 Å². The summed E-state index contributed by atoms with van der Waals surface area (Å²) in [6, 6.07) is 5.50. The minimum Gasteiger partial charge on any atom is -0.477 e. The van der Waals surface area contributed by atoms with E-state index >= 15 is 0 Å². The molecule has 0 bridgehead atoms. The van der Waals surface area contributed by atoms with Crippen molar-refractivity contribution in [2.24, 2.45) is 0 Å². The van der Waals surface area contributed by atoms with Crippen LogP contribution in [-0.4, -0.2) is 23.1 Å². The molecule has 0 spiro atoms. The van der Waals surface area contributed by atoms with Gasteiger partial charge in [0.15, 0.2) is 5.57 Å². The largest absolute Gasteiger partial charge is 0.477 e. The fourth-order valence-corrected chi connectivity index (χ4v) is 1.48. The van der Waals surface area contributed by atoms with Crippen molar-refractivity contribution in [3.05, 3.63) is 51.3 Å². The van der Waals surface area contributed by atoms with Gasteiger partial charge in [0, 0.05) is 11.2 Å². The Morgan fingerprint density at radius 2 is 2.00 bits per heavy atom. The first-order chi connectivity index (χ1) is 10.3. The number of anilines is 1. The number of rotatable bonds is 6. The lowest BCUT2D eigenvalue weighted by Crippen LogP contribution is -2.21. The minimum absolute atomic E-state index is 0.0852. The molecule has 0 aliphatic heterocycles. The van der Waals surface area contributed by atoms with E-state index in [1.807, 2.05) is 0 Å². The van der Waals surface area contributed by atoms with Crippen LogP contribution in [0.3, 0.4) is 0 Å². The molecule has 1 unspecified atom stereocenters. The van der Waals surface area contributed by atoms with Crippen LogP contribution < -0.4 is 10.7 Å². The van der Waals surface area contributed by atoms with Crippen molar-refractivity contribution in [3.63, 3.8) is 0 Å². The van der Waals surface area contributed by atoms with E-state index in [0.717, 1.165) is 6.20 Å². The number of nitrogens with one attached hydrogen (secondary N) is 1. The van der Waals surface area contributed by atoms with Crippen LogP contribution in [0.2, 0.25) is 5.02 Å². The monoisotopic (exact) mass is 325 g/mol. The molecule has 2 N–H and O–H groups in total. The molecule has 0 fully saturated rings. The van der Waals surface area contributed by atoms with Gasteiger partial charge in [-0.3, -0.25) is 4.79 Å². The third-order valence-corrected chi connectivity index (χ3v) is 3.03. The average molecular weight is 326 g/mol. The molecule has 0 aliphatic rings. The van der Waals surface area contributed by atoms with E-state index in [1.54, 1.807) is 13.8 Å². The van der Waals surface area contributed by atoms with Gasteiger partial charge in [-0.2, -0.15) is 0 Å². The number of hydrogen-bond donors (Lipinski definition) is 2. The number of aliphatic carboxylic acids is 1. The van der Waals surface area contributed by atoms with Crippen LogP contribution in [0.15, 0.2) is 40.8 Å². The van der Waals surface area contributed by atoms with Gasteiger partial charge in [0.25, 0.3) is 0 Å². The van der Waals surface area contributed by atoms with E-state index in [-0.39, 0.29) is 5.69 Å². The average Bonchev–Trinajstić information content (AvgIpc) is 2.61. The SMILES string of the molecule is CCC(C)OC(=O)C(=CNc1ccc(Cl)ccc1=O)C(=O)O. The van der Waals surface area contributed by atoms with Crippen LogP contribution in [-0.2, 0) is 14.3 Å². The second kappa shape index (κ2) is 8.19. The molecule has 0 saturated carbocycles. The highest BCUT2D eigenvalue weighted by atomic mass is 35.5. The van der Waals surface area contributed by atoms with E-state index in [1.165, 1.54) is 24.3 Å². The molecule has 118 valence electrons. The van der Waals surface area contributed by atoms with Crippen LogP contribution in [0.5, 0.6) is 0 Å². The van der Waals surface area contributed by atoms with Crippen molar-refractivity contribution >= 4 is 29.2 Å². The molecule has 1 aromatic rings. The zero-order valence-electron chi connectivity index (χ0n) is 12.1. The van der Waals surface area contributed by atoms with Gasteiger partial charge < -0.3 is 15.2 Å². The molecule has 0 aromatic heterocycles. The lowest BCUT2D eigenvalue weighted by atomic mass is 10.2. The Morgan fingerprint density at radius 1 is 1.36 bits per heavy atom. The molecule has 0 amide bonds. The topological polar surface area (TPSA) is 92.7 Å². The van der Waals surface area contributed by atoms with Crippen molar-refractivity contribution in [3.8, 4) is 0 Å². The van der Waals surface area contributed by atoms with Crippen molar-refractivity contribution in [2.45, 2.75) is 26.4 Å². The quantitative estimate of drug-likeness (QED) is 0.361. The zero-order valence-corrected chi connectivity index (χ0v) is 12.9. The Bertz CT molecular complexity index is 657. The highest BCUT2D eigenvalue weighted by Crippen LogP contribution is 2.09. The molecule has 0 radical (unpaired) electrons. The zero-order chi connectivity index (χ0) is 16.7. The summed E-state index contributed by atoms with van der Waals surface area (Å²) in [5.41, 5.74) is -0.914. The first kappa shape index (κ1) is 17.7. The molecule has 0 saturated heterocycles. The highest BCUT2D eigenvalue weighted by Gasteiger charge is 2.20. The molecule has 7 heteroatoms. The van der Waals surface area contributed by atoms with Gasteiger partial charge in [-0.05, 0) is 37.6 Å². The van der Waals surface area contributed by atoms with Crippen molar-refractivity contribution in [1.82, 2.24) is 0 Å². The number of carbonyl (C=O) groups excluding carboxylic acids is 1. The van der Waals surface area contributed by atoms with Gasteiger partial charge in [-0.1, -0.05) is 18.5 Å². The van der Waals surface area contributed by atoms with Crippen LogP contribution in [0.25, 0.3) is 0 Å². The summed E-state index contributed by atoms with van der Waals surface area (Å²) in [6.45, 7) is 3.46. The van der Waals surface area contributed by atoms with Gasteiger partial charge in [-0.15, -0.1) is 0 Å². The number of carboxylic acids is 1. The maximum absolute atomic E-state index is 11.8. The predicted molar refractivity (Wildman–Crippen MR) is 82.9 cm³/mol. The molecule has 22 heavy (non-hydrogen) atoms. The summed E-state index contributed by atoms with van der Waals surface area (Å²) < 4.78 is 4.95. The Balaban J connectivity index is 3.02. The van der Waals surface area contributed by atoms with Crippen LogP contribution in [0.1, 0.15) is 20.3 Å². The smallest absolute Gasteiger partial charge is 0.347 e. The summed E-state index contributed by atoms with van der Waals surface area (Å²) >= 11 is 5.75. The van der Waals surface area contributed by atoms with Gasteiger partial charge in [0.05, 0.1) is 11.8 Å². The Hall–Kier alpha value is -2.34. The molecule has 6 nitrogen and oxygen atoms in total. The number of carboxylic acid groups (broad SMARTS) is 1. The number of ether oxygens (including phenoxy) is 1. The second-order valence-electron chi connectivity index (χ2n) is 4.46. The molecule has 1 aromatic carbocycles. The lowest BCUT2D eigenvalue weighted by molar-refractivity contribution is -0.147. The first-order valence-corrected chi connectivity index (χ1v) is 6.93. The van der Waals surface area contributed by atoms with Crippen LogP contribution in [0, 0.1) is 0 Å². The number of carbonyl (C=O) groups is 2. The number of halogens is 1. The van der Waals surface area contributed by atoms with Crippen LogP contribution >= 0.6 is 11.6 Å². The van der Waals surface area contributed by atoms with Gasteiger partial charge in [-0.25, -0.2) is 9.59 Å². The molecule has 0 heterocycles. The predicted octanol–water partition coefficient (Wildman–Crippen LogP) is 2.42. The molecule has 1 atom stereocenters. The summed E-state index contributed by atoms with van der Waals surface area (Å²) in [5.74, 6) is -2.42. The third-order valence-electron chi connectivity index (χ3n) is 2.77. The highest BCUT2D eigenvalue weighted by molar-refractivity contribution is 6.30. The molecule has 1 rings (SSSR count). The van der Waals surface area contributed by atoms with E-state index in [9.17, 15) is 14.4 Å². The van der Waals surface area contributed by atoms with E-state index in [4.69, 9.17) is 21.4 Å². The van der Waals surface area contributed by atoms with Crippen molar-refractivity contribution < 1.29 is 19.4 Å². The Morgan fingerprint density at radius 3 is 2.59 bits per heavy atom. The second-order valence-corrected chi connectivity index (χ2v) is 4.90. The summed E-state index contributed by atoms with van der Waals surface area (Å²) in [4.78, 5) is 34.6. The van der Waals surface area contributed by atoms with E-state index in [0.29, 0.717) is 11.4 Å². The normalized spacial score (nSPS) is 12.4. The first-order valence-electron chi connectivity index (χ1n) is 6.56. The van der Waals surface area contributed by atoms with Gasteiger partial charge in [0.2, 0.25) is 5.43 Å². The Kier molecular flexibility index (Phi) is 6.59. The summed E-state index contributed by atoms with van der Waals surface area (Å²) in [5, 5.41) is 11.9. The number of esters is 1. The fourth-order valence-electron chi connectivity index (χ4n) is 1.35. The van der Waals surface area contributed by atoms with Crippen molar-refractivity contribution in [2.75, 3.05) is 5.32 Å². The summed E-state index contributed by atoms with van der Waals surface area (Å²) in [7, 11) is 0. The fraction of sp³-hybridized carbons (Fsp3) is 0.267. The lowest BCUT2D eigenvalue weighted by Gasteiger charge is -2.11. The standard InChI is InChI=1S/C15H16ClNO5/c1-3-9(2)22-15(21)11(14(19)20)8-17-12-6-4-10(16)5-7-13(12)18/h4-9H,3H2,1-2H3,(H,17,18)(H,19,20). The number of hydrogen-bond acceptors (Lipinski definition) is 5. The maximum Gasteiger partial charge on any atom is 0.347 e. The van der Waals surface area contributed by atoms with Crippen LogP contribution in [0.4, 0.5) is 5.69 Å². The van der Waals surface area contributed by atoms with Crippen molar-refractivity contribution in [1.29, 1.82) is 0 Å². The van der Waals surface area contributed by atoms with Gasteiger partial charge in [0.1, 0.15) is 0 Å². The molecular formula is C15H16ClNO5.